The van der Waals surface area contributed by atoms with Crippen LogP contribution in [0.1, 0.15) is 60.1 Å². The molecular formula is C31H30ClF3N4O4. The van der Waals surface area contributed by atoms with Gasteiger partial charge in [-0.3, -0.25) is 14.4 Å². The summed E-state index contributed by atoms with van der Waals surface area (Å²) in [7, 11) is 0. The van der Waals surface area contributed by atoms with Gasteiger partial charge in [0, 0.05) is 46.8 Å². The van der Waals surface area contributed by atoms with Gasteiger partial charge in [-0.05, 0) is 67.9 Å². The minimum atomic E-state index is -4.86. The number of amides is 3. The molecule has 4 aromatic rings. The van der Waals surface area contributed by atoms with Crippen LogP contribution in [-0.4, -0.2) is 28.7 Å². The van der Waals surface area contributed by atoms with Crippen molar-refractivity contribution in [3.63, 3.8) is 0 Å². The van der Waals surface area contributed by atoms with E-state index in [4.69, 9.17) is 11.6 Å². The first-order valence-corrected chi connectivity index (χ1v) is 13.8. The highest BCUT2D eigenvalue weighted by molar-refractivity contribution is 6.34. The molecule has 0 fully saturated rings. The van der Waals surface area contributed by atoms with Crippen molar-refractivity contribution in [2.45, 2.75) is 46.6 Å². The zero-order valence-electron chi connectivity index (χ0n) is 23.8. The van der Waals surface area contributed by atoms with Gasteiger partial charge in [0.2, 0.25) is 5.91 Å². The first kappa shape index (κ1) is 31.4. The molecule has 3 N–H and O–H groups in total. The number of ether oxygens (including phenoxy) is 1. The Morgan fingerprint density at radius 3 is 2.26 bits per heavy atom. The van der Waals surface area contributed by atoms with Crippen LogP contribution in [0.2, 0.25) is 5.02 Å². The molecule has 0 radical (unpaired) electrons. The Kier molecular flexibility index (Phi) is 9.34. The van der Waals surface area contributed by atoms with E-state index >= 15 is 0 Å². The van der Waals surface area contributed by atoms with E-state index in [0.717, 1.165) is 12.1 Å². The first-order chi connectivity index (χ1) is 20.2. The molecule has 0 saturated heterocycles. The van der Waals surface area contributed by atoms with Crippen LogP contribution in [0.5, 0.6) is 5.75 Å². The summed E-state index contributed by atoms with van der Waals surface area (Å²) >= 11 is 6.31. The highest BCUT2D eigenvalue weighted by atomic mass is 35.5. The van der Waals surface area contributed by atoms with Gasteiger partial charge in [0.05, 0.1) is 10.6 Å². The van der Waals surface area contributed by atoms with Gasteiger partial charge in [-0.25, -0.2) is 0 Å². The lowest BCUT2D eigenvalue weighted by molar-refractivity contribution is -0.274. The zero-order chi connectivity index (χ0) is 31.5. The molecule has 1 aromatic heterocycles. The number of nitrogens with one attached hydrogen (secondary N) is 3. The summed E-state index contributed by atoms with van der Waals surface area (Å²) in [6.45, 7) is 7.60. The molecule has 12 heteroatoms. The van der Waals surface area contributed by atoms with Crippen molar-refractivity contribution in [3.05, 3.63) is 88.6 Å². The van der Waals surface area contributed by atoms with E-state index in [2.05, 4.69) is 20.7 Å². The molecule has 0 bridgehead atoms. The summed E-state index contributed by atoms with van der Waals surface area (Å²) in [4.78, 5) is 38.3. The van der Waals surface area contributed by atoms with Crippen molar-refractivity contribution in [2.75, 3.05) is 10.6 Å². The third-order valence-corrected chi connectivity index (χ3v) is 6.77. The number of hydrogen-bond acceptors (Lipinski definition) is 4. The third kappa shape index (κ3) is 7.86. The van der Waals surface area contributed by atoms with Crippen LogP contribution in [0.25, 0.3) is 10.9 Å². The summed E-state index contributed by atoms with van der Waals surface area (Å²) in [5.41, 5.74) is 2.51. The molecular weight excluding hydrogens is 585 g/mol. The SMILES string of the molecule is CC(C)C(=O)NCc1ccc(Cl)c(C(=O)Nc2ccc3c(c2)cc(C(=O)Nc2cccc(OC(F)(F)F)c2)n3C(C)C)c1. The molecule has 0 unspecified atom stereocenters. The second-order valence-corrected chi connectivity index (χ2v) is 10.8. The fourth-order valence-electron chi connectivity index (χ4n) is 4.46. The van der Waals surface area contributed by atoms with E-state index < -0.39 is 23.9 Å². The molecule has 3 aromatic carbocycles. The molecule has 0 aliphatic heterocycles. The normalized spacial score (nSPS) is 11.6. The molecule has 226 valence electrons. The zero-order valence-corrected chi connectivity index (χ0v) is 24.6. The van der Waals surface area contributed by atoms with Crippen LogP contribution < -0.4 is 20.7 Å². The van der Waals surface area contributed by atoms with Gasteiger partial charge in [-0.15, -0.1) is 13.2 Å². The maximum absolute atomic E-state index is 13.2. The molecule has 3 amide bonds. The standard InChI is InChI=1S/C31H30ClF3N4O4/c1-17(2)28(40)36-16-19-8-10-25(32)24(12-19)29(41)37-22-9-11-26-20(13-22)14-27(39(26)18(3)4)30(42)38-21-6-5-7-23(15-21)43-31(33,34)35/h5-15,17-18H,16H2,1-4H3,(H,36,40)(H,37,41)(H,38,42). The van der Waals surface area contributed by atoms with Crippen molar-refractivity contribution >= 4 is 51.6 Å². The van der Waals surface area contributed by atoms with Crippen LogP contribution in [-0.2, 0) is 11.3 Å². The number of rotatable bonds is 9. The number of carbonyl (C=O) groups excluding carboxylic acids is 3. The number of carbonyl (C=O) groups is 3. The average molecular weight is 615 g/mol. The van der Waals surface area contributed by atoms with Crippen molar-refractivity contribution in [2.24, 2.45) is 5.92 Å². The predicted octanol–water partition coefficient (Wildman–Crippen LogP) is 7.55. The maximum atomic E-state index is 13.2. The highest BCUT2D eigenvalue weighted by Gasteiger charge is 2.31. The smallest absolute Gasteiger partial charge is 0.406 e. The minimum Gasteiger partial charge on any atom is -0.406 e. The van der Waals surface area contributed by atoms with Crippen molar-refractivity contribution in [1.82, 2.24) is 9.88 Å². The summed E-state index contributed by atoms with van der Waals surface area (Å²) in [5.74, 6) is -1.73. The van der Waals surface area contributed by atoms with Gasteiger partial charge in [-0.1, -0.05) is 37.6 Å². The summed E-state index contributed by atoms with van der Waals surface area (Å²) < 4.78 is 43.6. The van der Waals surface area contributed by atoms with Crippen LogP contribution in [0, 0.1) is 5.92 Å². The van der Waals surface area contributed by atoms with Crippen LogP contribution >= 0.6 is 11.6 Å². The summed E-state index contributed by atoms with van der Waals surface area (Å²) in [6, 6.07) is 16.6. The lowest BCUT2D eigenvalue weighted by atomic mass is 10.1. The Hall–Kier alpha value is -4.51. The monoisotopic (exact) mass is 614 g/mol. The summed E-state index contributed by atoms with van der Waals surface area (Å²) in [5, 5.41) is 9.16. The molecule has 0 aliphatic rings. The van der Waals surface area contributed by atoms with Crippen LogP contribution in [0.4, 0.5) is 24.5 Å². The van der Waals surface area contributed by atoms with Crippen molar-refractivity contribution < 1.29 is 32.3 Å². The Bertz CT molecular complexity index is 1680. The van der Waals surface area contributed by atoms with Crippen molar-refractivity contribution in [1.29, 1.82) is 0 Å². The van der Waals surface area contributed by atoms with Gasteiger partial charge >= 0.3 is 6.36 Å². The predicted molar refractivity (Wildman–Crippen MR) is 159 cm³/mol. The summed E-state index contributed by atoms with van der Waals surface area (Å²) in [6.07, 6.45) is -4.86. The Balaban J connectivity index is 1.56. The van der Waals surface area contributed by atoms with Gasteiger partial charge in [0.1, 0.15) is 11.4 Å². The molecule has 43 heavy (non-hydrogen) atoms. The Morgan fingerprint density at radius 2 is 1.58 bits per heavy atom. The number of alkyl halides is 3. The lowest BCUT2D eigenvalue weighted by Crippen LogP contribution is -2.27. The average Bonchev–Trinajstić information content (AvgIpc) is 3.31. The molecule has 0 saturated carbocycles. The topological polar surface area (TPSA) is 101 Å². The highest BCUT2D eigenvalue weighted by Crippen LogP contribution is 2.30. The minimum absolute atomic E-state index is 0.111. The second kappa shape index (κ2) is 12.8. The fraction of sp³-hybridized carbons (Fsp3) is 0.258. The molecule has 4 rings (SSSR count). The number of fused-ring (bicyclic) bond motifs is 1. The third-order valence-electron chi connectivity index (χ3n) is 6.44. The number of anilines is 2. The van der Waals surface area contributed by atoms with E-state index in [0.29, 0.717) is 22.2 Å². The van der Waals surface area contributed by atoms with E-state index in [1.165, 1.54) is 12.1 Å². The van der Waals surface area contributed by atoms with Gasteiger partial charge < -0.3 is 25.3 Å². The molecule has 1 heterocycles. The van der Waals surface area contributed by atoms with Gasteiger partial charge in [0.25, 0.3) is 11.8 Å². The van der Waals surface area contributed by atoms with E-state index in [-0.39, 0.29) is 46.4 Å². The number of aromatic nitrogens is 1. The fourth-order valence-corrected chi connectivity index (χ4v) is 4.66. The van der Waals surface area contributed by atoms with E-state index in [1.54, 1.807) is 60.9 Å². The molecule has 8 nitrogen and oxygen atoms in total. The number of halogens is 4. The number of hydrogen-bond donors (Lipinski definition) is 3. The van der Waals surface area contributed by atoms with Crippen LogP contribution in [0.3, 0.4) is 0 Å². The quantitative estimate of drug-likeness (QED) is 0.181. The van der Waals surface area contributed by atoms with E-state index in [9.17, 15) is 27.6 Å². The number of benzene rings is 3. The Labute approximate surface area is 251 Å². The second-order valence-electron chi connectivity index (χ2n) is 10.4. The molecule has 0 aliphatic carbocycles. The molecule has 0 atom stereocenters. The first-order valence-electron chi connectivity index (χ1n) is 13.4. The van der Waals surface area contributed by atoms with Crippen LogP contribution in [0.15, 0.2) is 66.7 Å². The van der Waals surface area contributed by atoms with E-state index in [1.807, 2.05) is 13.8 Å². The van der Waals surface area contributed by atoms with Gasteiger partial charge in [-0.2, -0.15) is 0 Å². The maximum Gasteiger partial charge on any atom is 0.573 e. The van der Waals surface area contributed by atoms with Gasteiger partial charge in [0.15, 0.2) is 0 Å². The lowest BCUT2D eigenvalue weighted by Gasteiger charge is -2.15. The largest absolute Gasteiger partial charge is 0.573 e. The number of nitrogens with zero attached hydrogens (tertiary/aromatic N) is 1. The molecule has 0 spiro atoms. The van der Waals surface area contributed by atoms with Crippen molar-refractivity contribution in [3.8, 4) is 5.75 Å². The Morgan fingerprint density at radius 1 is 0.884 bits per heavy atom.